The van der Waals surface area contributed by atoms with Crippen molar-refractivity contribution in [2.75, 3.05) is 0 Å². The Morgan fingerprint density at radius 2 is 1.77 bits per heavy atom. The zero-order valence-electron chi connectivity index (χ0n) is 19.6. The van der Waals surface area contributed by atoms with Crippen molar-refractivity contribution in [2.45, 2.75) is 109 Å². The molecule has 0 bridgehead atoms. The Kier molecular flexibility index (Phi) is 10.1. The van der Waals surface area contributed by atoms with Gasteiger partial charge in [-0.25, -0.2) is 4.79 Å². The molecule has 1 rings (SSSR count). The van der Waals surface area contributed by atoms with Gasteiger partial charge < -0.3 is 29.9 Å². The van der Waals surface area contributed by atoms with Crippen LogP contribution < -0.4 is 0 Å². The van der Waals surface area contributed by atoms with Gasteiger partial charge in [0.1, 0.15) is 17.3 Å². The lowest BCUT2D eigenvalue weighted by molar-refractivity contribution is -0.192. The molecule has 0 aromatic rings. The smallest absolute Gasteiger partial charge is 0.330 e. The minimum absolute atomic E-state index is 0.532. The standard InChI is InChI=1S/C23H40O8/c1-7-8-9-10-11-16(24)12-13-17(25)30-20-14(2)18(26)23(6,29)19(27)15(3)21(28)31-22(20,4)5/h12-16,18-20,24,26-27,29H,7-11H2,1-6H3/b13-12+. The van der Waals surface area contributed by atoms with Crippen LogP contribution in [0.1, 0.15) is 73.6 Å². The van der Waals surface area contributed by atoms with Crippen LogP contribution in [-0.4, -0.2) is 68.0 Å². The molecule has 1 aliphatic heterocycles. The molecule has 1 fully saturated rings. The van der Waals surface area contributed by atoms with Crippen LogP contribution in [0, 0.1) is 11.8 Å². The van der Waals surface area contributed by atoms with Crippen molar-refractivity contribution < 1.29 is 39.5 Å². The van der Waals surface area contributed by atoms with Crippen molar-refractivity contribution in [1.29, 1.82) is 0 Å². The molecule has 7 atom stereocenters. The molecule has 1 heterocycles. The largest absolute Gasteiger partial charge is 0.455 e. The van der Waals surface area contributed by atoms with Gasteiger partial charge >= 0.3 is 11.9 Å². The summed E-state index contributed by atoms with van der Waals surface area (Å²) in [5.41, 5.74) is -3.37. The quantitative estimate of drug-likeness (QED) is 0.253. The van der Waals surface area contributed by atoms with E-state index in [9.17, 15) is 30.0 Å². The Hall–Kier alpha value is -1.48. The number of ether oxygens (including phenoxy) is 2. The predicted molar refractivity (Wildman–Crippen MR) is 115 cm³/mol. The van der Waals surface area contributed by atoms with E-state index in [-0.39, 0.29) is 0 Å². The van der Waals surface area contributed by atoms with Gasteiger partial charge in [-0.3, -0.25) is 4.79 Å². The predicted octanol–water partition coefficient (Wildman–Crippen LogP) is 1.87. The number of aliphatic hydroxyl groups excluding tert-OH is 3. The van der Waals surface area contributed by atoms with Crippen molar-refractivity contribution in [3.8, 4) is 0 Å². The first-order chi connectivity index (χ1) is 14.3. The number of aliphatic hydroxyl groups is 4. The van der Waals surface area contributed by atoms with Crippen LogP contribution in [0.3, 0.4) is 0 Å². The van der Waals surface area contributed by atoms with Crippen LogP contribution in [0.5, 0.6) is 0 Å². The van der Waals surface area contributed by atoms with Crippen LogP contribution in [0.4, 0.5) is 0 Å². The van der Waals surface area contributed by atoms with E-state index in [4.69, 9.17) is 9.47 Å². The number of carbonyl (C=O) groups is 2. The first-order valence-corrected chi connectivity index (χ1v) is 11.1. The van der Waals surface area contributed by atoms with E-state index < -0.39 is 59.4 Å². The van der Waals surface area contributed by atoms with Crippen LogP contribution in [0.15, 0.2) is 12.2 Å². The summed E-state index contributed by atoms with van der Waals surface area (Å²) in [6, 6.07) is 0. The van der Waals surface area contributed by atoms with E-state index in [0.29, 0.717) is 6.42 Å². The Morgan fingerprint density at radius 1 is 1.16 bits per heavy atom. The lowest BCUT2D eigenvalue weighted by Gasteiger charge is -2.41. The van der Waals surface area contributed by atoms with E-state index in [1.807, 2.05) is 0 Å². The molecule has 0 aliphatic carbocycles. The fraction of sp³-hybridized carbons (Fsp3) is 0.826. The van der Waals surface area contributed by atoms with Gasteiger partial charge in [0.05, 0.1) is 24.2 Å². The van der Waals surface area contributed by atoms with E-state index in [1.165, 1.54) is 33.8 Å². The number of hydrogen-bond acceptors (Lipinski definition) is 8. The van der Waals surface area contributed by atoms with Gasteiger partial charge in [-0.2, -0.15) is 0 Å². The summed E-state index contributed by atoms with van der Waals surface area (Å²) in [5, 5.41) is 41.9. The maximum Gasteiger partial charge on any atom is 0.330 e. The molecule has 8 heteroatoms. The molecule has 31 heavy (non-hydrogen) atoms. The zero-order valence-corrected chi connectivity index (χ0v) is 19.6. The molecular weight excluding hydrogens is 404 g/mol. The monoisotopic (exact) mass is 444 g/mol. The summed E-state index contributed by atoms with van der Waals surface area (Å²) in [5.74, 6) is -3.53. The molecule has 7 unspecified atom stereocenters. The highest BCUT2D eigenvalue weighted by Gasteiger charge is 2.53. The fourth-order valence-electron chi connectivity index (χ4n) is 4.03. The Morgan fingerprint density at radius 3 is 2.35 bits per heavy atom. The second-order valence-corrected chi connectivity index (χ2v) is 9.42. The second kappa shape index (κ2) is 11.4. The summed E-state index contributed by atoms with van der Waals surface area (Å²) in [6.07, 6.45) is 2.04. The van der Waals surface area contributed by atoms with Gasteiger partial charge in [0, 0.05) is 12.0 Å². The maximum absolute atomic E-state index is 12.5. The molecule has 1 saturated heterocycles. The minimum atomic E-state index is -2.03. The van der Waals surface area contributed by atoms with Crippen LogP contribution in [-0.2, 0) is 19.1 Å². The summed E-state index contributed by atoms with van der Waals surface area (Å²) in [4.78, 5) is 24.9. The highest BCUT2D eigenvalue weighted by atomic mass is 16.6. The van der Waals surface area contributed by atoms with Crippen molar-refractivity contribution in [2.24, 2.45) is 11.8 Å². The third-order valence-corrected chi connectivity index (χ3v) is 6.12. The van der Waals surface area contributed by atoms with Gasteiger partial charge in [-0.15, -0.1) is 0 Å². The second-order valence-electron chi connectivity index (χ2n) is 9.42. The fourth-order valence-corrected chi connectivity index (χ4v) is 4.03. The summed E-state index contributed by atoms with van der Waals surface area (Å²) in [7, 11) is 0. The molecule has 180 valence electrons. The normalized spacial score (nSPS) is 35.0. The van der Waals surface area contributed by atoms with E-state index in [0.717, 1.165) is 31.8 Å². The minimum Gasteiger partial charge on any atom is -0.455 e. The molecule has 4 N–H and O–H groups in total. The Bertz CT molecular complexity index is 627. The zero-order chi connectivity index (χ0) is 24.0. The van der Waals surface area contributed by atoms with E-state index >= 15 is 0 Å². The van der Waals surface area contributed by atoms with Crippen LogP contribution in [0.2, 0.25) is 0 Å². The van der Waals surface area contributed by atoms with Crippen LogP contribution >= 0.6 is 0 Å². The number of hydrogen-bond donors (Lipinski definition) is 4. The average molecular weight is 445 g/mol. The number of rotatable bonds is 8. The van der Waals surface area contributed by atoms with Gasteiger partial charge in [0.2, 0.25) is 0 Å². The molecule has 0 radical (unpaired) electrons. The lowest BCUT2D eigenvalue weighted by atomic mass is 9.77. The van der Waals surface area contributed by atoms with Gasteiger partial charge in [-0.05, 0) is 40.2 Å². The van der Waals surface area contributed by atoms with Gasteiger partial charge in [0.25, 0.3) is 0 Å². The van der Waals surface area contributed by atoms with Gasteiger partial charge in [-0.1, -0.05) is 39.5 Å². The molecule has 0 aromatic carbocycles. The van der Waals surface area contributed by atoms with Gasteiger partial charge in [0.15, 0.2) is 0 Å². The van der Waals surface area contributed by atoms with Crippen LogP contribution in [0.25, 0.3) is 0 Å². The topological polar surface area (TPSA) is 134 Å². The summed E-state index contributed by atoms with van der Waals surface area (Å²) >= 11 is 0. The first kappa shape index (κ1) is 27.6. The summed E-state index contributed by atoms with van der Waals surface area (Å²) in [6.45, 7) is 9.35. The molecule has 8 nitrogen and oxygen atoms in total. The first-order valence-electron chi connectivity index (χ1n) is 11.1. The van der Waals surface area contributed by atoms with Crippen molar-refractivity contribution >= 4 is 11.9 Å². The van der Waals surface area contributed by atoms with Crippen molar-refractivity contribution in [1.82, 2.24) is 0 Å². The summed E-state index contributed by atoms with van der Waals surface area (Å²) < 4.78 is 11.0. The average Bonchev–Trinajstić information content (AvgIpc) is 2.70. The van der Waals surface area contributed by atoms with E-state index in [1.54, 1.807) is 6.92 Å². The lowest BCUT2D eigenvalue weighted by Crippen LogP contribution is -2.58. The number of cyclic esters (lactones) is 1. The highest BCUT2D eigenvalue weighted by Crippen LogP contribution is 2.36. The molecule has 0 aromatic heterocycles. The number of unbranched alkanes of at least 4 members (excludes halogenated alkanes) is 3. The third-order valence-electron chi connectivity index (χ3n) is 6.12. The number of carbonyl (C=O) groups excluding carboxylic acids is 2. The molecule has 0 amide bonds. The molecule has 0 spiro atoms. The Balaban J connectivity index is 3.00. The molecule has 1 aliphatic rings. The Labute approximate surface area is 185 Å². The number of esters is 2. The molecular formula is C23H40O8. The SMILES string of the molecule is CCCCCCC(O)/C=C/C(=O)OC1C(C)C(O)C(C)(O)C(O)C(C)C(=O)OC1(C)C. The van der Waals surface area contributed by atoms with Crippen molar-refractivity contribution in [3.63, 3.8) is 0 Å². The van der Waals surface area contributed by atoms with E-state index in [2.05, 4.69) is 6.92 Å². The van der Waals surface area contributed by atoms with Crippen molar-refractivity contribution in [3.05, 3.63) is 12.2 Å². The molecule has 0 saturated carbocycles. The highest BCUT2D eigenvalue weighted by molar-refractivity contribution is 5.82. The third kappa shape index (κ3) is 7.27. The maximum atomic E-state index is 12.5.